The molecule has 2 N–H and O–H groups in total. The summed E-state index contributed by atoms with van der Waals surface area (Å²) in [5.41, 5.74) is 2.18. The molecular weight excluding hydrogens is 436 g/mol. The highest BCUT2D eigenvalue weighted by atomic mass is 32.2. The van der Waals surface area contributed by atoms with Gasteiger partial charge < -0.3 is 19.3 Å². The molecule has 0 atom stereocenters. The number of aliphatic hydroxyl groups excluding tert-OH is 2. The molecule has 5 aromatic rings. The summed E-state index contributed by atoms with van der Waals surface area (Å²) in [7, 11) is 0. The van der Waals surface area contributed by atoms with Gasteiger partial charge in [0, 0.05) is 56.8 Å². The van der Waals surface area contributed by atoms with Gasteiger partial charge in [-0.2, -0.15) is 0 Å². The van der Waals surface area contributed by atoms with E-state index in [-0.39, 0.29) is 13.2 Å². The molecule has 0 bridgehead atoms. The Morgan fingerprint density at radius 3 is 1.38 bits per heavy atom. The minimum absolute atomic E-state index is 0.151. The van der Waals surface area contributed by atoms with Gasteiger partial charge in [-0.1, -0.05) is 48.5 Å². The highest BCUT2D eigenvalue weighted by Crippen LogP contribution is 2.35. The van der Waals surface area contributed by atoms with Crippen LogP contribution in [0, 0.1) is 0 Å². The fourth-order valence-electron chi connectivity index (χ4n) is 4.00. The first kappa shape index (κ1) is 21.2. The second kappa shape index (κ2) is 9.46. The lowest BCUT2D eigenvalue weighted by Gasteiger charge is -2.12. The monoisotopic (exact) mass is 460 g/mol. The van der Waals surface area contributed by atoms with Crippen LogP contribution in [0.1, 0.15) is 0 Å². The number of fused-ring (bicyclic) bond motifs is 2. The van der Waals surface area contributed by atoms with Crippen LogP contribution < -0.4 is 0 Å². The largest absolute Gasteiger partial charge is 0.396 e. The lowest BCUT2D eigenvalue weighted by atomic mass is 10.2. The molecule has 0 amide bonds. The van der Waals surface area contributed by atoms with Crippen LogP contribution in [0.25, 0.3) is 32.9 Å². The summed E-state index contributed by atoms with van der Waals surface area (Å²) in [5, 5.41) is 25.8. The topological polar surface area (TPSA) is 50.3 Å². The van der Waals surface area contributed by atoms with Crippen molar-refractivity contribution in [3.05, 3.63) is 85.2 Å². The van der Waals surface area contributed by atoms with Gasteiger partial charge >= 0.3 is 0 Å². The van der Waals surface area contributed by atoms with Gasteiger partial charge in [0.2, 0.25) is 0 Å². The predicted octanol–water partition coefficient (Wildman–Crippen LogP) is 5.74. The molecule has 2 aromatic heterocycles. The van der Waals surface area contributed by atoms with Crippen molar-refractivity contribution in [3.63, 3.8) is 0 Å². The molecule has 0 aliphatic carbocycles. The highest BCUT2D eigenvalue weighted by molar-refractivity contribution is 7.99. The van der Waals surface area contributed by atoms with Crippen molar-refractivity contribution in [2.24, 2.45) is 0 Å². The van der Waals surface area contributed by atoms with Crippen molar-refractivity contribution < 1.29 is 10.2 Å². The van der Waals surface area contributed by atoms with Gasteiger partial charge in [0.05, 0.1) is 23.3 Å². The third-order valence-electron chi connectivity index (χ3n) is 5.42. The first-order valence-electron chi connectivity index (χ1n) is 10.6. The average Bonchev–Trinajstić information content (AvgIpc) is 3.40. The lowest BCUT2D eigenvalue weighted by Crippen LogP contribution is -1.99. The van der Waals surface area contributed by atoms with E-state index in [0.717, 1.165) is 21.4 Å². The first-order chi connectivity index (χ1) is 15.8. The molecule has 0 saturated carbocycles. The molecule has 4 nitrogen and oxygen atoms in total. The van der Waals surface area contributed by atoms with E-state index in [1.165, 1.54) is 21.5 Å². The summed E-state index contributed by atoms with van der Waals surface area (Å²) in [6.45, 7) is 0.303. The summed E-state index contributed by atoms with van der Waals surface area (Å²) in [5.74, 6) is 1.32. The molecule has 0 fully saturated rings. The average molecular weight is 461 g/mol. The number of hydrogen-bond donors (Lipinski definition) is 2. The number of rotatable bonds is 8. The Morgan fingerprint density at radius 2 is 0.969 bits per heavy atom. The summed E-state index contributed by atoms with van der Waals surface area (Å²) in [4.78, 5) is 0. The van der Waals surface area contributed by atoms with Crippen LogP contribution in [0.15, 0.2) is 95.2 Å². The Kier molecular flexibility index (Phi) is 6.28. The molecule has 162 valence electrons. The maximum Gasteiger partial charge on any atom is 0.0874 e. The molecule has 0 aliphatic rings. The van der Waals surface area contributed by atoms with E-state index in [2.05, 4.69) is 94.3 Å². The molecule has 0 spiro atoms. The smallest absolute Gasteiger partial charge is 0.0874 e. The van der Waals surface area contributed by atoms with Gasteiger partial charge in [-0.3, -0.25) is 0 Å². The summed E-state index contributed by atoms with van der Waals surface area (Å²) < 4.78 is 4.42. The Morgan fingerprint density at radius 1 is 0.562 bits per heavy atom. The fourth-order valence-corrected chi connectivity index (χ4v) is 5.85. The normalized spacial score (nSPS) is 11.6. The van der Waals surface area contributed by atoms with Crippen LogP contribution in [0.5, 0.6) is 0 Å². The van der Waals surface area contributed by atoms with Gasteiger partial charge in [-0.05, 0) is 24.3 Å². The zero-order valence-corrected chi connectivity index (χ0v) is 19.1. The lowest BCUT2D eigenvalue weighted by molar-refractivity contribution is 0.322. The summed E-state index contributed by atoms with van der Waals surface area (Å²) in [6.07, 6.45) is 4.33. The molecule has 32 heavy (non-hydrogen) atoms. The quantitative estimate of drug-likeness (QED) is 0.290. The zero-order chi connectivity index (χ0) is 21.9. The van der Waals surface area contributed by atoms with Crippen LogP contribution in [-0.2, 0) is 0 Å². The molecule has 0 radical (unpaired) electrons. The van der Waals surface area contributed by atoms with Crippen molar-refractivity contribution in [1.82, 2.24) is 9.13 Å². The molecule has 0 unspecified atom stereocenters. The van der Waals surface area contributed by atoms with E-state index < -0.39 is 0 Å². The minimum Gasteiger partial charge on any atom is -0.396 e. The third-order valence-corrected chi connectivity index (χ3v) is 7.58. The van der Waals surface area contributed by atoms with E-state index in [4.69, 9.17) is 0 Å². The van der Waals surface area contributed by atoms with Crippen LogP contribution in [-0.4, -0.2) is 44.1 Å². The molecule has 0 saturated heterocycles. The number of aliphatic hydroxyl groups is 2. The van der Waals surface area contributed by atoms with E-state index in [0.29, 0.717) is 11.5 Å². The van der Waals surface area contributed by atoms with Crippen LogP contribution in [0.2, 0.25) is 0 Å². The predicted molar refractivity (Wildman–Crippen MR) is 136 cm³/mol. The molecular formula is C26H24N2O2S2. The Hall–Kier alpha value is -2.64. The van der Waals surface area contributed by atoms with Gasteiger partial charge in [0.15, 0.2) is 0 Å². The second-order valence-corrected chi connectivity index (χ2v) is 9.61. The van der Waals surface area contributed by atoms with Gasteiger partial charge in [0.1, 0.15) is 0 Å². The van der Waals surface area contributed by atoms with Crippen molar-refractivity contribution in [2.45, 2.75) is 10.1 Å². The Labute approximate surface area is 195 Å². The Bertz CT molecular complexity index is 1250. The summed E-state index contributed by atoms with van der Waals surface area (Å²) in [6, 6.07) is 25.3. The Balaban J connectivity index is 1.56. The van der Waals surface area contributed by atoms with Crippen molar-refractivity contribution in [2.75, 3.05) is 24.7 Å². The third kappa shape index (κ3) is 3.95. The maximum absolute atomic E-state index is 9.36. The number of nitrogens with zero attached hydrogens (tertiary/aromatic N) is 2. The minimum atomic E-state index is 0.151. The van der Waals surface area contributed by atoms with Crippen LogP contribution in [0.3, 0.4) is 0 Å². The fraction of sp³-hybridized carbons (Fsp3) is 0.154. The second-order valence-electron chi connectivity index (χ2n) is 7.44. The van der Waals surface area contributed by atoms with E-state index in [9.17, 15) is 10.2 Å². The van der Waals surface area contributed by atoms with Crippen molar-refractivity contribution in [1.29, 1.82) is 0 Å². The molecule has 6 heteroatoms. The van der Waals surface area contributed by atoms with Crippen LogP contribution in [0.4, 0.5) is 0 Å². The van der Waals surface area contributed by atoms with Gasteiger partial charge in [0.25, 0.3) is 0 Å². The number of benzene rings is 3. The molecule has 2 heterocycles. The number of hydrogen-bond acceptors (Lipinski definition) is 4. The number of thioether (sulfide) groups is 2. The van der Waals surface area contributed by atoms with Crippen molar-refractivity contribution >= 4 is 45.1 Å². The SMILES string of the molecule is OCCSc1c2ccccc2cn1-c1ccc(-n2cc3ccccc3c2SCCO)cc1. The van der Waals surface area contributed by atoms with Crippen molar-refractivity contribution in [3.8, 4) is 11.4 Å². The molecule has 0 aliphatic heterocycles. The standard InChI is InChI=1S/C26H24N2O2S2/c29-13-15-31-25-23-7-3-1-5-19(23)17-27(25)21-9-11-22(12-10-21)28-18-20-6-2-4-8-24(20)26(28)32-16-14-30/h1-12,17-18,29-30H,13-16H2. The molecule has 3 aromatic carbocycles. The first-order valence-corrected chi connectivity index (χ1v) is 12.6. The summed E-state index contributed by atoms with van der Waals surface area (Å²) >= 11 is 3.35. The van der Waals surface area contributed by atoms with Gasteiger partial charge in [-0.25, -0.2) is 0 Å². The van der Waals surface area contributed by atoms with E-state index in [1.54, 1.807) is 23.5 Å². The van der Waals surface area contributed by atoms with E-state index in [1.807, 2.05) is 0 Å². The molecule has 5 rings (SSSR count). The van der Waals surface area contributed by atoms with E-state index >= 15 is 0 Å². The highest BCUT2D eigenvalue weighted by Gasteiger charge is 2.13. The maximum atomic E-state index is 9.36. The van der Waals surface area contributed by atoms with Gasteiger partial charge in [-0.15, -0.1) is 23.5 Å². The number of aromatic nitrogens is 2. The van der Waals surface area contributed by atoms with Crippen LogP contribution >= 0.6 is 23.5 Å². The zero-order valence-electron chi connectivity index (χ0n) is 17.5.